The lowest BCUT2D eigenvalue weighted by Crippen LogP contribution is -2.36. The summed E-state index contributed by atoms with van der Waals surface area (Å²) in [7, 11) is -4.38. The van der Waals surface area contributed by atoms with Crippen molar-refractivity contribution in [1.82, 2.24) is 24.5 Å². The summed E-state index contributed by atoms with van der Waals surface area (Å²) in [6.07, 6.45) is -6.05. The van der Waals surface area contributed by atoms with E-state index in [0.717, 1.165) is 33.5 Å². The molecule has 0 saturated carbocycles. The summed E-state index contributed by atoms with van der Waals surface area (Å²) in [6.45, 7) is 3.66. The molecule has 1 aliphatic rings. The van der Waals surface area contributed by atoms with Crippen molar-refractivity contribution in [3.63, 3.8) is 0 Å². The molecule has 1 saturated heterocycles. The number of alkyl halides is 3. The van der Waals surface area contributed by atoms with Gasteiger partial charge in [-0.3, -0.25) is 9.80 Å². The molecule has 236 valence electrons. The van der Waals surface area contributed by atoms with Crippen LogP contribution >= 0.6 is 0 Å². The van der Waals surface area contributed by atoms with E-state index in [-0.39, 0.29) is 36.0 Å². The number of halogens is 3. The summed E-state index contributed by atoms with van der Waals surface area (Å²) in [5, 5.41) is 6.27. The maximum absolute atomic E-state index is 13.5. The van der Waals surface area contributed by atoms with Gasteiger partial charge in [0.2, 0.25) is 0 Å². The number of ether oxygens (including phenoxy) is 2. The molecule has 1 atom stereocenters. The second kappa shape index (κ2) is 12.0. The van der Waals surface area contributed by atoms with E-state index in [2.05, 4.69) is 5.10 Å². The highest BCUT2D eigenvalue weighted by molar-refractivity contribution is 7.90. The van der Waals surface area contributed by atoms with Crippen LogP contribution in [0.5, 0.6) is 0 Å². The third-order valence-electron chi connectivity index (χ3n) is 6.53. The second-order valence-electron chi connectivity index (χ2n) is 9.71. The fourth-order valence-electron chi connectivity index (χ4n) is 4.23. The number of hydrogen-bond acceptors (Lipinski definition) is 10. The molecule has 0 bridgehead atoms. The Morgan fingerprint density at radius 1 is 1.11 bits per heavy atom. The Morgan fingerprint density at radius 3 is 2.48 bits per heavy atom. The lowest BCUT2D eigenvalue weighted by Gasteiger charge is -2.14. The number of hydrogen-bond donors (Lipinski definition) is 1. The molecule has 5 rings (SSSR count). The van der Waals surface area contributed by atoms with Crippen LogP contribution in [0.2, 0.25) is 0 Å². The van der Waals surface area contributed by atoms with Crippen LogP contribution in [-0.4, -0.2) is 66.2 Å². The molecule has 2 aromatic heterocycles. The topological polar surface area (TPSA) is 152 Å². The van der Waals surface area contributed by atoms with Crippen molar-refractivity contribution in [2.75, 3.05) is 24.9 Å². The van der Waals surface area contributed by atoms with Gasteiger partial charge in [-0.25, -0.2) is 22.6 Å². The van der Waals surface area contributed by atoms with Gasteiger partial charge in [0.25, 0.3) is 16.8 Å². The number of aryl methyl sites for hydroxylation is 1. The zero-order chi connectivity index (χ0) is 31.6. The van der Waals surface area contributed by atoms with E-state index in [1.165, 1.54) is 17.1 Å². The van der Waals surface area contributed by atoms with Crippen molar-refractivity contribution >= 4 is 22.1 Å². The average Bonchev–Trinajstić information content (AvgIpc) is 3.35. The Morgan fingerprint density at radius 2 is 1.82 bits per heavy atom. The first-order valence-corrected chi connectivity index (χ1v) is 14.7. The lowest BCUT2D eigenvalue weighted by atomic mass is 10.1. The quantitative estimate of drug-likeness (QED) is 0.202. The van der Waals surface area contributed by atoms with E-state index in [1.807, 2.05) is 11.6 Å². The molecule has 1 N–H and O–H groups in total. The number of sulfonamides is 1. The van der Waals surface area contributed by atoms with E-state index >= 15 is 0 Å². The van der Waals surface area contributed by atoms with Crippen LogP contribution in [0.15, 0.2) is 64.1 Å². The summed E-state index contributed by atoms with van der Waals surface area (Å²) in [4.78, 5) is 29.5. The molecule has 44 heavy (non-hydrogen) atoms. The number of aromatic nitrogens is 4. The summed E-state index contributed by atoms with van der Waals surface area (Å²) in [5.41, 5.74) is 0.613. The fourth-order valence-corrected chi connectivity index (χ4v) is 5.11. The Bertz CT molecular complexity index is 1720. The predicted octanol–water partition coefficient (Wildman–Crippen LogP) is 3.23. The van der Waals surface area contributed by atoms with Gasteiger partial charge in [0, 0.05) is 29.9 Å². The molecular weight excluding hydrogens is 613 g/mol. The van der Waals surface area contributed by atoms with Gasteiger partial charge < -0.3 is 14.3 Å². The molecular formula is C26H27F3N6O8S. The molecule has 0 radical (unpaired) electrons. The second-order valence-corrected chi connectivity index (χ2v) is 11.4. The molecule has 1 aliphatic heterocycles. The van der Waals surface area contributed by atoms with Gasteiger partial charge in [-0.1, -0.05) is 36.8 Å². The zero-order valence-electron chi connectivity index (χ0n) is 23.4. The molecule has 1 fully saturated rings. The number of esters is 1. The molecule has 14 nitrogen and oxygen atoms in total. The minimum absolute atomic E-state index is 0.155. The van der Waals surface area contributed by atoms with Crippen LogP contribution in [0.25, 0.3) is 16.9 Å². The molecule has 18 heteroatoms. The Balaban J connectivity index is 1.20. The standard InChI is InChI=1S/C26H27F3N6O8S/c1-3-24(36)40-16-41-35-34(43-35)32-13-12-20(15-32)42-25(37)31-44(38,39)21-10-8-19(9-11-21)33-22(14-23(30-33)26(27,28)29)18-6-4-17(2)5-7-18/h4-11,14,20H,3,12-13,15-16H2,1-2H3,(H,31,37). The van der Waals surface area contributed by atoms with Crippen molar-refractivity contribution in [3.05, 3.63) is 65.9 Å². The monoisotopic (exact) mass is 640 g/mol. The SMILES string of the molecule is CCC(=O)OCOn1on1N1CCC(OC(=O)NS(=O)(=O)c2ccc(-n3nc(C(F)(F)F)cc3-c3ccc(C)cc3)cc2)C1. The molecule has 0 spiro atoms. The van der Waals surface area contributed by atoms with Gasteiger partial charge in [-0.05, 0) is 37.3 Å². The van der Waals surface area contributed by atoms with Gasteiger partial charge in [0.15, 0.2) is 5.69 Å². The van der Waals surface area contributed by atoms with Crippen molar-refractivity contribution in [2.45, 2.75) is 43.9 Å². The van der Waals surface area contributed by atoms with Gasteiger partial charge in [0.1, 0.15) is 11.1 Å². The van der Waals surface area contributed by atoms with Crippen molar-refractivity contribution in [1.29, 1.82) is 0 Å². The number of amides is 1. The summed E-state index contributed by atoms with van der Waals surface area (Å²) < 4.78 is 84.1. The van der Waals surface area contributed by atoms with Crippen molar-refractivity contribution in [2.24, 2.45) is 0 Å². The first-order valence-electron chi connectivity index (χ1n) is 13.2. The maximum atomic E-state index is 13.5. The van der Waals surface area contributed by atoms with E-state index in [0.29, 0.717) is 18.5 Å². The smallest absolute Gasteiger partial charge is 0.435 e. The first-order chi connectivity index (χ1) is 20.8. The molecule has 3 heterocycles. The van der Waals surface area contributed by atoms with Crippen LogP contribution in [0.3, 0.4) is 0 Å². The van der Waals surface area contributed by atoms with Crippen LogP contribution < -0.4 is 14.6 Å². The van der Waals surface area contributed by atoms with Gasteiger partial charge in [-0.15, -0.1) is 0 Å². The number of carbonyl (C=O) groups excluding carboxylic acids is 2. The number of rotatable bonds is 10. The van der Waals surface area contributed by atoms with Crippen LogP contribution in [0.1, 0.15) is 31.0 Å². The van der Waals surface area contributed by atoms with Crippen LogP contribution in [0, 0.1) is 6.92 Å². The van der Waals surface area contributed by atoms with Gasteiger partial charge in [0.05, 0.1) is 22.8 Å². The van der Waals surface area contributed by atoms with Crippen LogP contribution in [-0.2, 0) is 30.5 Å². The highest BCUT2D eigenvalue weighted by Gasteiger charge is 2.36. The zero-order valence-corrected chi connectivity index (χ0v) is 24.2. The number of nitrogens with zero attached hydrogens (tertiary/aromatic N) is 5. The summed E-state index contributed by atoms with van der Waals surface area (Å²) in [6, 6.07) is 12.6. The normalized spacial score (nSPS) is 15.4. The van der Waals surface area contributed by atoms with Crippen LogP contribution in [0.4, 0.5) is 18.0 Å². The molecule has 4 aromatic rings. The first kappa shape index (κ1) is 30.6. The molecule has 1 amide bonds. The maximum Gasteiger partial charge on any atom is 0.435 e. The predicted molar refractivity (Wildman–Crippen MR) is 144 cm³/mol. The molecule has 1 unspecified atom stereocenters. The number of carbonyl (C=O) groups is 2. The van der Waals surface area contributed by atoms with E-state index in [1.54, 1.807) is 36.2 Å². The Labute approximate surface area is 248 Å². The van der Waals surface area contributed by atoms with Gasteiger partial charge in [-0.2, -0.15) is 22.9 Å². The van der Waals surface area contributed by atoms with Gasteiger partial charge >= 0.3 is 18.2 Å². The number of nitrogens with one attached hydrogen (secondary N) is 1. The average molecular weight is 641 g/mol. The fraction of sp³-hybridized carbons (Fsp3) is 0.346. The highest BCUT2D eigenvalue weighted by atomic mass is 32.2. The minimum atomic E-state index is -4.70. The van der Waals surface area contributed by atoms with E-state index < -0.39 is 40.1 Å². The molecule has 0 aliphatic carbocycles. The highest BCUT2D eigenvalue weighted by Crippen LogP contribution is 2.33. The summed E-state index contributed by atoms with van der Waals surface area (Å²) >= 11 is 0. The third kappa shape index (κ3) is 7.01. The molecule has 2 aromatic carbocycles. The minimum Gasteiger partial charge on any atom is -0.444 e. The lowest BCUT2D eigenvalue weighted by molar-refractivity contribution is -0.159. The third-order valence-corrected chi connectivity index (χ3v) is 7.85. The largest absolute Gasteiger partial charge is 0.444 e. The van der Waals surface area contributed by atoms with E-state index in [9.17, 15) is 31.2 Å². The number of benzene rings is 2. The van der Waals surface area contributed by atoms with E-state index in [4.69, 9.17) is 18.9 Å². The van der Waals surface area contributed by atoms with Crippen molar-refractivity contribution in [3.8, 4) is 16.9 Å². The Kier molecular flexibility index (Phi) is 8.36. The summed E-state index contributed by atoms with van der Waals surface area (Å²) in [5.74, 6) is -0.449. The Hall–Kier alpha value is -4.87. The van der Waals surface area contributed by atoms with Crippen molar-refractivity contribution < 1.29 is 50.1 Å².